The number of carbonyl (C=O) groups is 1. The van der Waals surface area contributed by atoms with Gasteiger partial charge in [0.1, 0.15) is 0 Å². The summed E-state index contributed by atoms with van der Waals surface area (Å²) in [6, 6.07) is 64.4. The molecule has 0 aliphatic rings. The topological polar surface area (TPSA) is 17.1 Å². The molecule has 0 N–H and O–H groups in total. The van der Waals surface area contributed by atoms with Crippen molar-refractivity contribution < 1.29 is 4.79 Å². The lowest BCUT2D eigenvalue weighted by Crippen LogP contribution is -1.88. The van der Waals surface area contributed by atoms with Gasteiger partial charge in [-0.25, -0.2) is 0 Å². The van der Waals surface area contributed by atoms with Gasteiger partial charge < -0.3 is 0 Å². The van der Waals surface area contributed by atoms with E-state index >= 15 is 0 Å². The molecule has 8 aromatic rings. The first kappa shape index (κ1) is 41.1. The molecule has 64 heavy (non-hydrogen) atoms. The Balaban J connectivity index is 1.03. The van der Waals surface area contributed by atoms with Gasteiger partial charge in [-0.1, -0.05) is 192 Å². The largest absolute Gasteiger partial charge is 0.298 e. The van der Waals surface area contributed by atoms with Gasteiger partial charge in [0.25, 0.3) is 0 Å². The van der Waals surface area contributed by atoms with E-state index < -0.39 is 0 Å². The second-order valence-corrected chi connectivity index (χ2v) is 14.1. The van der Waals surface area contributed by atoms with E-state index in [9.17, 15) is 4.79 Å². The summed E-state index contributed by atoms with van der Waals surface area (Å²) in [6.45, 7) is 0. The lowest BCUT2D eigenvalue weighted by molar-refractivity contribution is 0.112. The van der Waals surface area contributed by atoms with Crippen molar-refractivity contribution in [3.63, 3.8) is 0 Å². The highest BCUT2D eigenvalue weighted by Gasteiger charge is 2.03. The summed E-state index contributed by atoms with van der Waals surface area (Å²) in [4.78, 5) is 11.5. The number of carbonyl (C=O) groups excluding carboxylic acids is 1. The van der Waals surface area contributed by atoms with Gasteiger partial charge in [0.05, 0.1) is 0 Å². The molecule has 0 aliphatic heterocycles. The zero-order chi connectivity index (χ0) is 43.6. The summed E-state index contributed by atoms with van der Waals surface area (Å²) in [5.74, 6) is 46.3. The molecule has 1 nitrogen and oxygen atoms in total. The van der Waals surface area contributed by atoms with Crippen LogP contribution in [-0.2, 0) is 0 Å². The van der Waals surface area contributed by atoms with Gasteiger partial charge in [-0.2, -0.15) is 0 Å². The maximum absolute atomic E-state index is 11.5. The summed E-state index contributed by atoms with van der Waals surface area (Å²) in [7, 11) is 0. The highest BCUT2D eigenvalue weighted by atomic mass is 16.1. The monoisotopic (exact) mass is 806 g/mol. The molecule has 0 saturated heterocycles. The van der Waals surface area contributed by atoms with Crippen molar-refractivity contribution in [2.45, 2.75) is 0 Å². The fraction of sp³-hybridized carbons (Fsp3) is 0. The summed E-state index contributed by atoms with van der Waals surface area (Å²) in [5.41, 5.74) is 12.0. The molecule has 0 radical (unpaired) electrons. The molecule has 0 heterocycles. The Morgan fingerprint density at radius 2 is 0.391 bits per heavy atom. The minimum absolute atomic E-state index is 0.554. The Kier molecular flexibility index (Phi) is 13.5. The van der Waals surface area contributed by atoms with Gasteiger partial charge in [-0.15, -0.1) is 0 Å². The Hall–Kier alpha value is -9.65. The second kappa shape index (κ2) is 21.0. The number of benzene rings is 8. The third kappa shape index (κ3) is 10.9. The van der Waals surface area contributed by atoms with E-state index in [1.807, 2.05) is 194 Å². The molecule has 8 rings (SSSR count). The normalized spacial score (nSPS) is 9.38. The molecule has 0 spiro atoms. The second-order valence-electron chi connectivity index (χ2n) is 14.1. The van der Waals surface area contributed by atoms with Crippen LogP contribution in [0.3, 0.4) is 0 Å². The van der Waals surface area contributed by atoms with Crippen LogP contribution < -0.4 is 0 Å². The van der Waals surface area contributed by atoms with Crippen LogP contribution in [0.2, 0.25) is 0 Å². The highest BCUT2D eigenvalue weighted by Crippen LogP contribution is 2.15. The lowest BCUT2D eigenvalue weighted by Gasteiger charge is -1.99. The molecule has 1 heteroatoms. The van der Waals surface area contributed by atoms with E-state index in [1.54, 1.807) is 6.07 Å². The average molecular weight is 807 g/mol. The van der Waals surface area contributed by atoms with Crippen molar-refractivity contribution in [3.05, 3.63) is 284 Å². The van der Waals surface area contributed by atoms with Crippen LogP contribution in [0.25, 0.3) is 0 Å². The Bertz CT molecular complexity index is 3500. The smallest absolute Gasteiger partial charge is 0.151 e. The van der Waals surface area contributed by atoms with E-state index in [0.29, 0.717) is 11.1 Å². The van der Waals surface area contributed by atoms with Crippen molar-refractivity contribution in [3.8, 4) is 82.9 Å². The van der Waals surface area contributed by atoms with E-state index in [1.165, 1.54) is 0 Å². The number of hydrogen-bond donors (Lipinski definition) is 0. The zero-order valence-corrected chi connectivity index (χ0v) is 34.5. The van der Waals surface area contributed by atoms with Gasteiger partial charge in [0.2, 0.25) is 0 Å². The predicted molar refractivity (Wildman–Crippen MR) is 259 cm³/mol. The Morgan fingerprint density at radius 1 is 0.203 bits per heavy atom. The van der Waals surface area contributed by atoms with Crippen LogP contribution in [0.1, 0.15) is 88.2 Å². The minimum Gasteiger partial charge on any atom is -0.298 e. The summed E-state index contributed by atoms with van der Waals surface area (Å²) in [5, 5.41) is 0. The maximum atomic E-state index is 11.5. The highest BCUT2D eigenvalue weighted by molar-refractivity contribution is 5.79. The first-order chi connectivity index (χ1) is 31.7. The zero-order valence-electron chi connectivity index (χ0n) is 34.5. The van der Waals surface area contributed by atoms with E-state index in [2.05, 4.69) is 82.9 Å². The molecule has 0 bridgehead atoms. The third-order valence-corrected chi connectivity index (χ3v) is 9.76. The molecule has 8 aromatic carbocycles. The van der Waals surface area contributed by atoms with Gasteiger partial charge in [0.15, 0.2) is 6.29 Å². The van der Waals surface area contributed by atoms with Crippen molar-refractivity contribution in [2.75, 3.05) is 0 Å². The molecule has 0 saturated carbocycles. The van der Waals surface area contributed by atoms with Gasteiger partial charge in [-0.05, 0) is 91.0 Å². The van der Waals surface area contributed by atoms with Crippen molar-refractivity contribution in [1.29, 1.82) is 0 Å². The van der Waals surface area contributed by atoms with Gasteiger partial charge >= 0.3 is 0 Å². The number of aldehydes is 1. The number of hydrogen-bond acceptors (Lipinski definition) is 1. The third-order valence-electron chi connectivity index (χ3n) is 9.76. The maximum Gasteiger partial charge on any atom is 0.151 e. The first-order valence-corrected chi connectivity index (χ1v) is 20.5. The van der Waals surface area contributed by atoms with Crippen LogP contribution in [0.5, 0.6) is 0 Å². The number of rotatable bonds is 1. The van der Waals surface area contributed by atoms with E-state index in [-0.39, 0.29) is 0 Å². The molecular formula is C63H34O. The standard InChI is InChI=1S/C63H34O/c64-48-63-33-17-16-32-62(63)47-46-61-31-15-14-30-60(61)45-44-59-29-13-12-28-58(59)43-42-57-27-11-10-26-56(57)41-40-55-25-9-8-24-54(55)39-38-53-23-7-6-22-52(53)37-36-51-21-5-4-20-50(51)35-34-49-18-2-1-3-19-49/h1-33,48H. The minimum atomic E-state index is 0.554. The molecule has 0 aliphatic carbocycles. The Morgan fingerprint density at radius 3 is 0.641 bits per heavy atom. The molecule has 0 amide bonds. The van der Waals surface area contributed by atoms with E-state index in [0.717, 1.165) is 78.6 Å². The fourth-order valence-electron chi connectivity index (χ4n) is 6.39. The van der Waals surface area contributed by atoms with Gasteiger partial charge in [0, 0.05) is 83.5 Å². The fourth-order valence-corrected chi connectivity index (χ4v) is 6.39. The molecular weight excluding hydrogens is 773 g/mol. The van der Waals surface area contributed by atoms with Crippen LogP contribution in [-0.4, -0.2) is 6.29 Å². The SMILES string of the molecule is O=Cc1ccccc1C#Cc1ccccc1C#Cc1ccccc1C#Cc1ccccc1C#Cc1ccccc1C#Cc1ccccc1C#Cc1ccccc1C#Cc1ccccc1. The van der Waals surface area contributed by atoms with Gasteiger partial charge in [-0.3, -0.25) is 4.79 Å². The van der Waals surface area contributed by atoms with Crippen LogP contribution >= 0.6 is 0 Å². The summed E-state index contributed by atoms with van der Waals surface area (Å²) >= 11 is 0. The van der Waals surface area contributed by atoms with Crippen molar-refractivity contribution in [2.24, 2.45) is 0 Å². The van der Waals surface area contributed by atoms with Crippen LogP contribution in [0.15, 0.2) is 200 Å². The molecule has 0 atom stereocenters. The average Bonchev–Trinajstić information content (AvgIpc) is 3.36. The van der Waals surface area contributed by atoms with E-state index in [4.69, 9.17) is 0 Å². The molecule has 292 valence electrons. The Labute approximate surface area is 375 Å². The predicted octanol–water partition coefficient (Wildman–Crippen LogP) is 11.3. The van der Waals surface area contributed by atoms with Crippen LogP contribution in [0, 0.1) is 82.9 Å². The quantitative estimate of drug-likeness (QED) is 0.119. The molecule has 0 unspecified atom stereocenters. The van der Waals surface area contributed by atoms with Crippen molar-refractivity contribution in [1.82, 2.24) is 0 Å². The first-order valence-electron chi connectivity index (χ1n) is 20.5. The summed E-state index contributed by atoms with van der Waals surface area (Å²) < 4.78 is 0. The lowest BCUT2D eigenvalue weighted by atomic mass is 10.0. The van der Waals surface area contributed by atoms with Crippen LogP contribution in [0.4, 0.5) is 0 Å². The molecule has 0 aromatic heterocycles. The molecule has 0 fully saturated rings. The van der Waals surface area contributed by atoms with Crippen molar-refractivity contribution >= 4 is 6.29 Å². The summed E-state index contributed by atoms with van der Waals surface area (Å²) in [6.07, 6.45) is 0.820.